The minimum Gasteiger partial charge on any atom is -0.338 e. The van der Waals surface area contributed by atoms with Gasteiger partial charge in [0.2, 0.25) is 9.84 Å². The number of amides is 1. The maximum atomic E-state index is 12.5. The van der Waals surface area contributed by atoms with E-state index in [-0.39, 0.29) is 15.0 Å². The quantitative estimate of drug-likeness (QED) is 0.873. The van der Waals surface area contributed by atoms with Gasteiger partial charge in [0.1, 0.15) is 4.21 Å². The molecule has 0 aliphatic carbocycles. The number of sulfone groups is 1. The molecule has 0 radical (unpaired) electrons. The molecular formula is C15H15NO3S2. The summed E-state index contributed by atoms with van der Waals surface area (Å²) < 4.78 is 25.2. The Hall–Kier alpha value is -1.66. The van der Waals surface area contributed by atoms with E-state index < -0.39 is 9.84 Å². The minimum absolute atomic E-state index is 0.0630. The Balaban J connectivity index is 1.90. The Morgan fingerprint density at radius 3 is 2.33 bits per heavy atom. The molecule has 6 heteroatoms. The third-order valence-corrected chi connectivity index (χ3v) is 6.84. The third kappa shape index (κ3) is 2.73. The molecule has 0 N–H and O–H groups in total. The Morgan fingerprint density at radius 1 is 1.00 bits per heavy atom. The molecule has 1 saturated heterocycles. The number of thiophene rings is 1. The number of rotatable bonds is 3. The van der Waals surface area contributed by atoms with Crippen molar-refractivity contribution in [3.8, 4) is 0 Å². The van der Waals surface area contributed by atoms with Crippen LogP contribution in [0.5, 0.6) is 0 Å². The second kappa shape index (κ2) is 5.61. The van der Waals surface area contributed by atoms with Crippen LogP contribution in [0.4, 0.5) is 0 Å². The first-order valence-electron chi connectivity index (χ1n) is 6.78. The highest BCUT2D eigenvalue weighted by Gasteiger charge is 2.24. The van der Waals surface area contributed by atoms with E-state index in [4.69, 9.17) is 0 Å². The van der Waals surface area contributed by atoms with Crippen molar-refractivity contribution in [2.45, 2.75) is 21.9 Å². The number of hydrogen-bond acceptors (Lipinski definition) is 4. The van der Waals surface area contributed by atoms with Gasteiger partial charge >= 0.3 is 0 Å². The number of likely N-dealkylation sites (tertiary alicyclic amines) is 1. The molecule has 0 atom stereocenters. The van der Waals surface area contributed by atoms with Gasteiger partial charge in [-0.05, 0) is 37.1 Å². The van der Waals surface area contributed by atoms with Crippen LogP contribution in [0, 0.1) is 0 Å². The van der Waals surface area contributed by atoms with E-state index in [1.807, 2.05) is 0 Å². The summed E-state index contributed by atoms with van der Waals surface area (Å²) in [6.07, 6.45) is 2.04. The second-order valence-electron chi connectivity index (χ2n) is 4.93. The summed E-state index contributed by atoms with van der Waals surface area (Å²) in [7, 11) is -3.53. The first kappa shape index (κ1) is 14.3. The van der Waals surface area contributed by atoms with Gasteiger partial charge in [-0.3, -0.25) is 4.79 Å². The fourth-order valence-electron chi connectivity index (χ4n) is 2.37. The van der Waals surface area contributed by atoms with Gasteiger partial charge in [0.25, 0.3) is 5.91 Å². The van der Waals surface area contributed by atoms with E-state index in [1.54, 1.807) is 41.3 Å². The van der Waals surface area contributed by atoms with Crippen LogP contribution in [0.15, 0.2) is 51.6 Å². The number of benzene rings is 1. The van der Waals surface area contributed by atoms with E-state index in [1.165, 1.54) is 6.07 Å². The zero-order valence-corrected chi connectivity index (χ0v) is 13.0. The molecule has 4 nitrogen and oxygen atoms in total. The van der Waals surface area contributed by atoms with Crippen molar-refractivity contribution >= 4 is 27.1 Å². The molecule has 0 unspecified atom stereocenters. The van der Waals surface area contributed by atoms with Crippen molar-refractivity contribution in [2.75, 3.05) is 13.1 Å². The number of carbonyl (C=O) groups is 1. The first-order valence-corrected chi connectivity index (χ1v) is 9.08. The van der Waals surface area contributed by atoms with Gasteiger partial charge in [0, 0.05) is 13.1 Å². The fourth-order valence-corrected chi connectivity index (χ4v) is 5.07. The predicted molar refractivity (Wildman–Crippen MR) is 81.4 cm³/mol. The van der Waals surface area contributed by atoms with Gasteiger partial charge in [0.05, 0.1) is 9.77 Å². The largest absolute Gasteiger partial charge is 0.338 e. The van der Waals surface area contributed by atoms with Gasteiger partial charge in [0.15, 0.2) is 0 Å². The summed E-state index contributed by atoms with van der Waals surface area (Å²) in [6, 6.07) is 11.4. The monoisotopic (exact) mass is 321 g/mol. The van der Waals surface area contributed by atoms with E-state index in [9.17, 15) is 13.2 Å². The average Bonchev–Trinajstić information content (AvgIpc) is 3.19. The van der Waals surface area contributed by atoms with Gasteiger partial charge in [-0.2, -0.15) is 0 Å². The Kier molecular flexibility index (Phi) is 3.82. The van der Waals surface area contributed by atoms with Crippen LogP contribution in [0.1, 0.15) is 22.5 Å². The van der Waals surface area contributed by atoms with Crippen LogP contribution in [-0.2, 0) is 9.84 Å². The number of nitrogens with zero attached hydrogens (tertiary/aromatic N) is 1. The fraction of sp³-hybridized carbons (Fsp3) is 0.267. The molecule has 3 rings (SSSR count). The molecule has 0 spiro atoms. The van der Waals surface area contributed by atoms with E-state index in [0.29, 0.717) is 4.88 Å². The van der Waals surface area contributed by atoms with Crippen LogP contribution >= 0.6 is 11.3 Å². The molecule has 1 aliphatic rings. The molecule has 1 fully saturated rings. The first-order chi connectivity index (χ1) is 10.1. The summed E-state index contributed by atoms with van der Waals surface area (Å²) >= 11 is 1.05. The molecular weight excluding hydrogens is 306 g/mol. The molecule has 1 aromatic carbocycles. The van der Waals surface area contributed by atoms with Crippen LogP contribution in [0.3, 0.4) is 0 Å². The maximum absolute atomic E-state index is 12.5. The molecule has 0 bridgehead atoms. The number of hydrogen-bond donors (Lipinski definition) is 0. The maximum Gasteiger partial charge on any atom is 0.263 e. The molecule has 0 saturated carbocycles. The van der Waals surface area contributed by atoms with Gasteiger partial charge in [-0.1, -0.05) is 18.2 Å². The Labute approximate surface area is 127 Å². The van der Waals surface area contributed by atoms with Crippen LogP contribution in [-0.4, -0.2) is 32.3 Å². The Bertz CT molecular complexity index is 744. The average molecular weight is 321 g/mol. The van der Waals surface area contributed by atoms with Gasteiger partial charge < -0.3 is 4.90 Å². The summed E-state index contributed by atoms with van der Waals surface area (Å²) in [5, 5.41) is 0. The zero-order chi connectivity index (χ0) is 14.9. The summed E-state index contributed by atoms with van der Waals surface area (Å²) in [5.74, 6) is -0.0630. The van der Waals surface area contributed by atoms with Crippen LogP contribution in [0.2, 0.25) is 0 Å². The summed E-state index contributed by atoms with van der Waals surface area (Å²) in [6.45, 7) is 1.52. The van der Waals surface area contributed by atoms with Crippen molar-refractivity contribution in [3.63, 3.8) is 0 Å². The van der Waals surface area contributed by atoms with Crippen LogP contribution in [0.25, 0.3) is 0 Å². The zero-order valence-electron chi connectivity index (χ0n) is 11.4. The van der Waals surface area contributed by atoms with Crippen molar-refractivity contribution in [1.29, 1.82) is 0 Å². The lowest BCUT2D eigenvalue weighted by Gasteiger charge is -2.13. The molecule has 1 amide bonds. The van der Waals surface area contributed by atoms with Gasteiger partial charge in [-0.15, -0.1) is 11.3 Å². The molecule has 2 aromatic rings. The van der Waals surface area contributed by atoms with Crippen molar-refractivity contribution in [2.24, 2.45) is 0 Å². The molecule has 2 heterocycles. The van der Waals surface area contributed by atoms with Crippen molar-refractivity contribution < 1.29 is 13.2 Å². The molecule has 1 aliphatic heterocycles. The number of carbonyl (C=O) groups excluding carboxylic acids is 1. The van der Waals surface area contributed by atoms with Crippen molar-refractivity contribution in [3.05, 3.63) is 47.3 Å². The topological polar surface area (TPSA) is 54.5 Å². The SMILES string of the molecule is O=C(c1ccc(S(=O)(=O)c2ccccc2)s1)N1CCCC1. The summed E-state index contributed by atoms with van der Waals surface area (Å²) in [5.41, 5.74) is 0. The van der Waals surface area contributed by atoms with E-state index in [2.05, 4.69) is 0 Å². The van der Waals surface area contributed by atoms with E-state index >= 15 is 0 Å². The lowest BCUT2D eigenvalue weighted by Crippen LogP contribution is -2.26. The normalized spacial score (nSPS) is 15.3. The lowest BCUT2D eigenvalue weighted by atomic mass is 10.4. The van der Waals surface area contributed by atoms with Crippen LogP contribution < -0.4 is 0 Å². The second-order valence-corrected chi connectivity index (χ2v) is 8.19. The minimum atomic E-state index is -3.53. The summed E-state index contributed by atoms with van der Waals surface area (Å²) in [4.78, 5) is 14.8. The lowest BCUT2D eigenvalue weighted by molar-refractivity contribution is 0.0797. The van der Waals surface area contributed by atoms with Crippen molar-refractivity contribution in [1.82, 2.24) is 4.90 Å². The highest BCUT2D eigenvalue weighted by molar-refractivity contribution is 7.93. The predicted octanol–water partition coefficient (Wildman–Crippen LogP) is 2.82. The smallest absolute Gasteiger partial charge is 0.263 e. The molecule has 21 heavy (non-hydrogen) atoms. The standard InChI is InChI=1S/C15H15NO3S2/c17-15(16-10-4-5-11-16)13-8-9-14(20-13)21(18,19)12-6-2-1-3-7-12/h1-3,6-9H,4-5,10-11H2. The highest BCUT2D eigenvalue weighted by Crippen LogP contribution is 2.29. The third-order valence-electron chi connectivity index (χ3n) is 3.50. The Morgan fingerprint density at radius 2 is 1.67 bits per heavy atom. The molecule has 1 aromatic heterocycles. The van der Waals surface area contributed by atoms with E-state index in [0.717, 1.165) is 37.3 Å². The van der Waals surface area contributed by atoms with Gasteiger partial charge in [-0.25, -0.2) is 8.42 Å². The highest BCUT2D eigenvalue weighted by atomic mass is 32.2. The molecule has 110 valence electrons.